The molecule has 100 valence electrons. The topological polar surface area (TPSA) is 29.5 Å². The van der Waals surface area contributed by atoms with Crippen molar-refractivity contribution in [1.29, 1.82) is 0 Å². The van der Waals surface area contributed by atoms with Gasteiger partial charge in [0.05, 0.1) is 12.2 Å². The zero-order valence-electron chi connectivity index (χ0n) is 10.9. The lowest BCUT2D eigenvalue weighted by molar-refractivity contribution is 0.0944. The van der Waals surface area contributed by atoms with Crippen LogP contribution in [0.3, 0.4) is 0 Å². The number of rotatable bonds is 5. The number of hydrogen-bond donors (Lipinski definition) is 1. The van der Waals surface area contributed by atoms with Crippen LogP contribution in [0.2, 0.25) is 0 Å². The van der Waals surface area contributed by atoms with Gasteiger partial charge in [-0.05, 0) is 62.3 Å². The van der Waals surface area contributed by atoms with Crippen molar-refractivity contribution in [2.24, 2.45) is 0 Å². The first-order chi connectivity index (χ1) is 8.65. The molecule has 2 nitrogen and oxygen atoms in total. The molecule has 1 saturated heterocycles. The Morgan fingerprint density at radius 2 is 2.28 bits per heavy atom. The summed E-state index contributed by atoms with van der Waals surface area (Å²) >= 11 is 3.47. The zero-order chi connectivity index (χ0) is 13.0. The summed E-state index contributed by atoms with van der Waals surface area (Å²) in [6.07, 6.45) is 5.37. The van der Waals surface area contributed by atoms with Gasteiger partial charge in [-0.2, -0.15) is 0 Å². The van der Waals surface area contributed by atoms with Gasteiger partial charge in [-0.25, -0.2) is 0 Å². The molecule has 1 aliphatic rings. The zero-order valence-corrected chi connectivity index (χ0v) is 12.4. The van der Waals surface area contributed by atoms with E-state index in [-0.39, 0.29) is 6.10 Å². The van der Waals surface area contributed by atoms with Crippen LogP contribution in [-0.4, -0.2) is 17.8 Å². The van der Waals surface area contributed by atoms with Gasteiger partial charge in [0.2, 0.25) is 0 Å². The molecule has 0 aliphatic carbocycles. The number of hydrogen-bond acceptors (Lipinski definition) is 2. The lowest BCUT2D eigenvalue weighted by Gasteiger charge is -2.14. The third-order valence-corrected chi connectivity index (χ3v) is 3.93. The third-order valence-electron chi connectivity index (χ3n) is 3.48. The van der Waals surface area contributed by atoms with E-state index in [4.69, 9.17) is 4.74 Å². The Hall–Kier alpha value is -0.380. The summed E-state index contributed by atoms with van der Waals surface area (Å²) in [4.78, 5) is 0. The summed E-state index contributed by atoms with van der Waals surface area (Å²) in [5, 5.41) is 10.2. The van der Waals surface area contributed by atoms with Crippen LogP contribution in [-0.2, 0) is 4.74 Å². The van der Waals surface area contributed by atoms with Crippen molar-refractivity contribution in [2.45, 2.75) is 51.2 Å². The van der Waals surface area contributed by atoms with Gasteiger partial charge < -0.3 is 9.84 Å². The minimum atomic E-state index is -0.359. The first-order valence-electron chi connectivity index (χ1n) is 6.72. The Balaban J connectivity index is 1.81. The molecule has 2 atom stereocenters. The fraction of sp³-hybridized carbons (Fsp3) is 0.600. The average molecular weight is 313 g/mol. The molecule has 18 heavy (non-hydrogen) atoms. The lowest BCUT2D eigenvalue weighted by atomic mass is 10.0. The highest BCUT2D eigenvalue weighted by Gasteiger charge is 2.16. The van der Waals surface area contributed by atoms with Crippen molar-refractivity contribution in [3.8, 4) is 0 Å². The SMILES string of the molecule is Cc1cc(Br)cc(C(O)CCCC2CCCO2)c1. The molecule has 1 N–H and O–H groups in total. The molecule has 1 aromatic carbocycles. The molecule has 0 radical (unpaired) electrons. The molecule has 1 fully saturated rings. The van der Waals surface area contributed by atoms with E-state index in [9.17, 15) is 5.11 Å². The molecular formula is C15H21BrO2. The first kappa shape index (κ1) is 14.0. The van der Waals surface area contributed by atoms with Crippen molar-refractivity contribution < 1.29 is 9.84 Å². The molecule has 0 spiro atoms. The highest BCUT2D eigenvalue weighted by molar-refractivity contribution is 9.10. The van der Waals surface area contributed by atoms with Gasteiger partial charge in [-0.15, -0.1) is 0 Å². The van der Waals surface area contributed by atoms with Crippen molar-refractivity contribution in [3.05, 3.63) is 33.8 Å². The third kappa shape index (κ3) is 4.08. The smallest absolute Gasteiger partial charge is 0.0790 e. The highest BCUT2D eigenvalue weighted by atomic mass is 79.9. The van der Waals surface area contributed by atoms with Gasteiger partial charge >= 0.3 is 0 Å². The van der Waals surface area contributed by atoms with Crippen LogP contribution in [0, 0.1) is 6.92 Å². The average Bonchev–Trinajstić information content (AvgIpc) is 2.80. The summed E-state index contributed by atoms with van der Waals surface area (Å²) in [6.45, 7) is 2.96. The standard InChI is InChI=1S/C15H21BrO2/c1-11-8-12(10-13(16)9-11)15(17)6-2-4-14-5-3-7-18-14/h8-10,14-15,17H,2-7H2,1H3. The summed E-state index contributed by atoms with van der Waals surface area (Å²) in [5.41, 5.74) is 2.19. The maximum absolute atomic E-state index is 10.2. The molecule has 1 aliphatic heterocycles. The fourth-order valence-corrected chi connectivity index (χ4v) is 3.16. The van der Waals surface area contributed by atoms with Gasteiger partial charge in [0, 0.05) is 11.1 Å². The maximum atomic E-state index is 10.2. The van der Waals surface area contributed by atoms with Crippen molar-refractivity contribution >= 4 is 15.9 Å². The van der Waals surface area contributed by atoms with E-state index < -0.39 is 0 Å². The second-order valence-electron chi connectivity index (χ2n) is 5.14. The molecule has 2 unspecified atom stereocenters. The molecule has 2 rings (SSSR count). The molecule has 0 bridgehead atoms. The highest BCUT2D eigenvalue weighted by Crippen LogP contribution is 2.26. The molecule has 0 aromatic heterocycles. The van der Waals surface area contributed by atoms with E-state index in [2.05, 4.69) is 28.1 Å². The van der Waals surface area contributed by atoms with E-state index in [0.29, 0.717) is 6.10 Å². The predicted octanol–water partition coefficient (Wildman–Crippen LogP) is 4.14. The number of aliphatic hydroxyl groups excluding tert-OH is 1. The molecule has 0 amide bonds. The lowest BCUT2D eigenvalue weighted by Crippen LogP contribution is -2.06. The minimum Gasteiger partial charge on any atom is -0.388 e. The van der Waals surface area contributed by atoms with Crippen LogP contribution in [0.4, 0.5) is 0 Å². The van der Waals surface area contributed by atoms with E-state index in [1.165, 1.54) is 18.4 Å². The summed E-state index contributed by atoms with van der Waals surface area (Å²) in [6, 6.07) is 6.12. The minimum absolute atomic E-state index is 0.359. The van der Waals surface area contributed by atoms with Gasteiger partial charge in [-0.1, -0.05) is 22.0 Å². The quantitative estimate of drug-likeness (QED) is 0.885. The Bertz CT molecular complexity index is 366. The monoisotopic (exact) mass is 312 g/mol. The first-order valence-corrected chi connectivity index (χ1v) is 7.51. The Kier molecular flexibility index (Phi) is 5.22. The van der Waals surface area contributed by atoms with E-state index in [1.54, 1.807) is 0 Å². The molecule has 1 aromatic rings. The van der Waals surface area contributed by atoms with E-state index in [0.717, 1.165) is 35.9 Å². The van der Waals surface area contributed by atoms with Gasteiger partial charge in [0.15, 0.2) is 0 Å². The van der Waals surface area contributed by atoms with E-state index in [1.807, 2.05) is 13.0 Å². The molecule has 0 saturated carbocycles. The van der Waals surface area contributed by atoms with Crippen molar-refractivity contribution in [3.63, 3.8) is 0 Å². The number of benzene rings is 1. The number of aliphatic hydroxyl groups is 1. The largest absolute Gasteiger partial charge is 0.388 e. The Labute approximate surface area is 117 Å². The van der Waals surface area contributed by atoms with Gasteiger partial charge in [-0.3, -0.25) is 0 Å². The summed E-state index contributed by atoms with van der Waals surface area (Å²) < 4.78 is 6.63. The van der Waals surface area contributed by atoms with Crippen molar-refractivity contribution in [1.82, 2.24) is 0 Å². The van der Waals surface area contributed by atoms with Gasteiger partial charge in [0.25, 0.3) is 0 Å². The Morgan fingerprint density at radius 1 is 1.44 bits per heavy atom. The van der Waals surface area contributed by atoms with Crippen LogP contribution in [0.1, 0.15) is 49.3 Å². The fourth-order valence-electron chi connectivity index (χ4n) is 2.53. The van der Waals surface area contributed by atoms with Crippen LogP contribution in [0.25, 0.3) is 0 Å². The molecule has 3 heteroatoms. The van der Waals surface area contributed by atoms with Crippen molar-refractivity contribution in [2.75, 3.05) is 6.61 Å². The molecule has 1 heterocycles. The van der Waals surface area contributed by atoms with Crippen LogP contribution in [0.15, 0.2) is 22.7 Å². The Morgan fingerprint density at radius 3 is 2.94 bits per heavy atom. The predicted molar refractivity (Wildman–Crippen MR) is 76.7 cm³/mol. The number of halogens is 1. The second kappa shape index (κ2) is 6.69. The van der Waals surface area contributed by atoms with Crippen LogP contribution < -0.4 is 0 Å². The summed E-state index contributed by atoms with van der Waals surface area (Å²) in [5.74, 6) is 0. The number of ether oxygens (including phenoxy) is 1. The molecular weight excluding hydrogens is 292 g/mol. The van der Waals surface area contributed by atoms with E-state index >= 15 is 0 Å². The normalized spacial score (nSPS) is 21.2. The second-order valence-corrected chi connectivity index (χ2v) is 6.06. The number of aryl methyl sites for hydroxylation is 1. The van der Waals surface area contributed by atoms with Crippen LogP contribution in [0.5, 0.6) is 0 Å². The van der Waals surface area contributed by atoms with Gasteiger partial charge in [0.1, 0.15) is 0 Å². The summed E-state index contributed by atoms with van der Waals surface area (Å²) in [7, 11) is 0. The van der Waals surface area contributed by atoms with Crippen LogP contribution >= 0.6 is 15.9 Å². The maximum Gasteiger partial charge on any atom is 0.0790 e.